The van der Waals surface area contributed by atoms with E-state index >= 15 is 0 Å². The van der Waals surface area contributed by atoms with Crippen LogP contribution in [0.1, 0.15) is 18.4 Å². The zero-order valence-electron chi connectivity index (χ0n) is 10.8. The lowest BCUT2D eigenvalue weighted by Crippen LogP contribution is -2.40. The molecular formula is C14H16N2O3. The molecule has 1 aliphatic rings. The minimum absolute atomic E-state index is 0.170. The maximum absolute atomic E-state index is 12.1. The summed E-state index contributed by atoms with van der Waals surface area (Å²) in [7, 11) is 1.34. The van der Waals surface area contributed by atoms with Crippen LogP contribution in [0.15, 0.2) is 30.6 Å². The van der Waals surface area contributed by atoms with Crippen LogP contribution >= 0.6 is 0 Å². The zero-order valence-corrected chi connectivity index (χ0v) is 10.8. The SMILES string of the molecule is COC(=O)C1CCCN1C(=O)/C=C/c1cccnc1. The summed E-state index contributed by atoms with van der Waals surface area (Å²) in [5, 5.41) is 0. The summed E-state index contributed by atoms with van der Waals surface area (Å²) < 4.78 is 4.71. The van der Waals surface area contributed by atoms with Crippen molar-refractivity contribution in [2.75, 3.05) is 13.7 Å². The monoisotopic (exact) mass is 260 g/mol. The molecule has 1 aromatic heterocycles. The van der Waals surface area contributed by atoms with E-state index in [9.17, 15) is 9.59 Å². The van der Waals surface area contributed by atoms with Crippen molar-refractivity contribution in [1.82, 2.24) is 9.88 Å². The summed E-state index contributed by atoms with van der Waals surface area (Å²) in [6.07, 6.45) is 8.00. The van der Waals surface area contributed by atoms with Gasteiger partial charge in [-0.2, -0.15) is 0 Å². The number of rotatable bonds is 3. The van der Waals surface area contributed by atoms with E-state index in [1.807, 2.05) is 6.07 Å². The molecule has 100 valence electrons. The molecule has 0 saturated carbocycles. The van der Waals surface area contributed by atoms with Crippen molar-refractivity contribution in [2.24, 2.45) is 0 Å². The van der Waals surface area contributed by atoms with Gasteiger partial charge in [-0.3, -0.25) is 9.78 Å². The highest BCUT2D eigenvalue weighted by Crippen LogP contribution is 2.19. The van der Waals surface area contributed by atoms with Crippen LogP contribution in [0.4, 0.5) is 0 Å². The van der Waals surface area contributed by atoms with Gasteiger partial charge in [-0.1, -0.05) is 6.07 Å². The van der Waals surface area contributed by atoms with Crippen molar-refractivity contribution in [2.45, 2.75) is 18.9 Å². The molecule has 1 fully saturated rings. The number of ether oxygens (including phenoxy) is 1. The molecule has 0 aliphatic carbocycles. The Morgan fingerprint density at radius 3 is 3.05 bits per heavy atom. The van der Waals surface area contributed by atoms with Crippen molar-refractivity contribution in [3.05, 3.63) is 36.2 Å². The molecule has 0 N–H and O–H groups in total. The Balaban J connectivity index is 2.03. The third kappa shape index (κ3) is 3.19. The zero-order chi connectivity index (χ0) is 13.7. The topological polar surface area (TPSA) is 59.5 Å². The summed E-state index contributed by atoms with van der Waals surface area (Å²) in [5.74, 6) is -0.516. The van der Waals surface area contributed by atoms with E-state index in [0.29, 0.717) is 13.0 Å². The number of aromatic nitrogens is 1. The minimum Gasteiger partial charge on any atom is -0.467 e. The largest absolute Gasteiger partial charge is 0.467 e. The third-order valence-electron chi connectivity index (χ3n) is 3.11. The number of pyridine rings is 1. The second kappa shape index (κ2) is 6.13. The molecule has 1 amide bonds. The first kappa shape index (κ1) is 13.3. The Morgan fingerprint density at radius 2 is 2.37 bits per heavy atom. The van der Waals surface area contributed by atoms with Gasteiger partial charge in [-0.25, -0.2) is 4.79 Å². The molecule has 2 rings (SSSR count). The van der Waals surface area contributed by atoms with Crippen LogP contribution in [0.3, 0.4) is 0 Å². The number of carbonyl (C=O) groups excluding carboxylic acids is 2. The van der Waals surface area contributed by atoms with E-state index in [4.69, 9.17) is 4.74 Å². The summed E-state index contributed by atoms with van der Waals surface area (Å²) in [5.41, 5.74) is 0.852. The Labute approximate surface area is 111 Å². The van der Waals surface area contributed by atoms with E-state index in [0.717, 1.165) is 12.0 Å². The van der Waals surface area contributed by atoms with E-state index in [-0.39, 0.29) is 11.9 Å². The quantitative estimate of drug-likeness (QED) is 0.606. The van der Waals surface area contributed by atoms with E-state index in [1.54, 1.807) is 29.4 Å². The molecule has 1 unspecified atom stereocenters. The summed E-state index contributed by atoms with van der Waals surface area (Å²) in [6, 6.07) is 3.21. The number of methoxy groups -OCH3 is 1. The summed E-state index contributed by atoms with van der Waals surface area (Å²) in [4.78, 5) is 29.1. The highest BCUT2D eigenvalue weighted by Gasteiger charge is 2.33. The molecule has 2 heterocycles. The lowest BCUT2D eigenvalue weighted by Gasteiger charge is -2.20. The fraction of sp³-hybridized carbons (Fsp3) is 0.357. The van der Waals surface area contributed by atoms with Crippen LogP contribution in [-0.4, -0.2) is 41.5 Å². The predicted molar refractivity (Wildman–Crippen MR) is 70.0 cm³/mol. The van der Waals surface area contributed by atoms with Crippen LogP contribution in [0.5, 0.6) is 0 Å². The van der Waals surface area contributed by atoms with Gasteiger partial charge in [0.25, 0.3) is 0 Å². The number of amides is 1. The normalized spacial score (nSPS) is 18.8. The number of carbonyl (C=O) groups is 2. The first-order valence-electron chi connectivity index (χ1n) is 6.19. The molecular weight excluding hydrogens is 244 g/mol. The van der Waals surface area contributed by atoms with Gasteiger partial charge in [-0.05, 0) is 30.5 Å². The van der Waals surface area contributed by atoms with Crippen molar-refractivity contribution < 1.29 is 14.3 Å². The van der Waals surface area contributed by atoms with Crippen LogP contribution in [-0.2, 0) is 14.3 Å². The number of likely N-dealkylation sites (tertiary alicyclic amines) is 1. The molecule has 5 heteroatoms. The number of esters is 1. The second-order valence-corrected chi connectivity index (χ2v) is 4.33. The van der Waals surface area contributed by atoms with Crippen molar-refractivity contribution in [3.63, 3.8) is 0 Å². The van der Waals surface area contributed by atoms with Crippen molar-refractivity contribution in [1.29, 1.82) is 0 Å². The Kier molecular flexibility index (Phi) is 4.28. The lowest BCUT2D eigenvalue weighted by atomic mass is 10.2. The molecule has 5 nitrogen and oxygen atoms in total. The predicted octanol–water partition coefficient (Wildman–Crippen LogP) is 1.26. The maximum Gasteiger partial charge on any atom is 0.328 e. The Hall–Kier alpha value is -2.17. The van der Waals surface area contributed by atoms with Gasteiger partial charge in [0.2, 0.25) is 5.91 Å². The average molecular weight is 260 g/mol. The summed E-state index contributed by atoms with van der Waals surface area (Å²) >= 11 is 0. The maximum atomic E-state index is 12.1. The number of hydrogen-bond donors (Lipinski definition) is 0. The minimum atomic E-state index is -0.448. The fourth-order valence-electron chi connectivity index (χ4n) is 2.15. The molecule has 19 heavy (non-hydrogen) atoms. The fourth-order valence-corrected chi connectivity index (χ4v) is 2.15. The summed E-state index contributed by atoms with van der Waals surface area (Å²) in [6.45, 7) is 0.593. The van der Waals surface area contributed by atoms with Crippen molar-refractivity contribution in [3.8, 4) is 0 Å². The molecule has 0 aromatic carbocycles. The van der Waals surface area contributed by atoms with Crippen LogP contribution in [0.25, 0.3) is 6.08 Å². The average Bonchev–Trinajstić information content (AvgIpc) is 2.94. The standard InChI is InChI=1S/C14H16N2O3/c1-19-14(18)12-5-3-9-16(12)13(17)7-6-11-4-2-8-15-10-11/h2,4,6-8,10,12H,3,5,9H2,1H3/b7-6+. The molecule has 0 bridgehead atoms. The Morgan fingerprint density at radius 1 is 1.53 bits per heavy atom. The second-order valence-electron chi connectivity index (χ2n) is 4.33. The first-order valence-corrected chi connectivity index (χ1v) is 6.19. The molecule has 1 aliphatic heterocycles. The van der Waals surface area contributed by atoms with E-state index in [1.165, 1.54) is 13.2 Å². The number of hydrogen-bond acceptors (Lipinski definition) is 4. The Bertz CT molecular complexity index is 485. The molecule has 0 spiro atoms. The van der Waals surface area contributed by atoms with Gasteiger partial charge < -0.3 is 9.64 Å². The van der Waals surface area contributed by atoms with Gasteiger partial charge in [-0.15, -0.1) is 0 Å². The van der Waals surface area contributed by atoms with Crippen molar-refractivity contribution >= 4 is 18.0 Å². The van der Waals surface area contributed by atoms with Gasteiger partial charge in [0.05, 0.1) is 7.11 Å². The van der Waals surface area contributed by atoms with Gasteiger partial charge in [0, 0.05) is 25.0 Å². The highest BCUT2D eigenvalue weighted by atomic mass is 16.5. The van der Waals surface area contributed by atoms with Gasteiger partial charge in [0.1, 0.15) is 6.04 Å². The molecule has 1 aromatic rings. The van der Waals surface area contributed by atoms with Gasteiger partial charge in [0.15, 0.2) is 0 Å². The highest BCUT2D eigenvalue weighted by molar-refractivity contribution is 5.95. The van der Waals surface area contributed by atoms with E-state index < -0.39 is 6.04 Å². The van der Waals surface area contributed by atoms with Crippen LogP contribution < -0.4 is 0 Å². The number of nitrogens with zero attached hydrogens (tertiary/aromatic N) is 2. The third-order valence-corrected chi connectivity index (χ3v) is 3.11. The van der Waals surface area contributed by atoms with Gasteiger partial charge >= 0.3 is 5.97 Å². The molecule has 0 radical (unpaired) electrons. The van der Waals surface area contributed by atoms with Crippen LogP contribution in [0.2, 0.25) is 0 Å². The van der Waals surface area contributed by atoms with E-state index in [2.05, 4.69) is 4.98 Å². The molecule has 1 atom stereocenters. The first-order chi connectivity index (χ1) is 9.22. The lowest BCUT2D eigenvalue weighted by molar-refractivity contribution is -0.149. The smallest absolute Gasteiger partial charge is 0.328 e. The van der Waals surface area contributed by atoms with Crippen LogP contribution in [0, 0.1) is 0 Å². The molecule has 1 saturated heterocycles.